The lowest BCUT2D eigenvalue weighted by molar-refractivity contribution is -0.122. The Morgan fingerprint density at radius 1 is 1.22 bits per heavy atom. The molecule has 1 amide bonds. The van der Waals surface area contributed by atoms with Gasteiger partial charge in [-0.15, -0.1) is 0 Å². The van der Waals surface area contributed by atoms with Gasteiger partial charge in [-0.1, -0.05) is 32.4 Å². The third kappa shape index (κ3) is 7.58. The van der Waals surface area contributed by atoms with Crippen molar-refractivity contribution in [2.45, 2.75) is 38.0 Å². The van der Waals surface area contributed by atoms with E-state index in [1.165, 1.54) is 12.1 Å². The zero-order valence-electron chi connectivity index (χ0n) is 13.9. The largest absolute Gasteiger partial charge is 0.355 e. The predicted octanol–water partition coefficient (Wildman–Crippen LogP) is 1.11. The average Bonchev–Trinajstić information content (AvgIpc) is 2.51. The monoisotopic (exact) mass is 341 g/mol. The number of hydrogen-bond donors (Lipinski definition) is 2. The summed E-state index contributed by atoms with van der Waals surface area (Å²) in [6.07, 6.45) is 2.86. The van der Waals surface area contributed by atoms with Gasteiger partial charge in [-0.05, 0) is 43.6 Å². The Morgan fingerprint density at radius 3 is 2.39 bits per heavy atom. The highest BCUT2D eigenvalue weighted by Gasteiger charge is 2.09. The second-order valence-corrected chi connectivity index (χ2v) is 7.07. The summed E-state index contributed by atoms with van der Waals surface area (Å²) in [5, 5.41) is 7.95. The van der Waals surface area contributed by atoms with Gasteiger partial charge >= 0.3 is 0 Å². The molecule has 0 heterocycles. The van der Waals surface area contributed by atoms with Crippen LogP contribution in [-0.2, 0) is 21.2 Å². The van der Waals surface area contributed by atoms with E-state index in [2.05, 4.69) is 24.1 Å². The van der Waals surface area contributed by atoms with Crippen molar-refractivity contribution >= 4 is 15.9 Å². The van der Waals surface area contributed by atoms with Crippen molar-refractivity contribution in [1.82, 2.24) is 10.2 Å². The van der Waals surface area contributed by atoms with Crippen molar-refractivity contribution in [2.24, 2.45) is 5.14 Å². The van der Waals surface area contributed by atoms with Crippen molar-refractivity contribution in [3.8, 4) is 0 Å². The summed E-state index contributed by atoms with van der Waals surface area (Å²) in [6, 6.07) is 6.39. The number of rotatable bonds is 10. The fraction of sp³-hybridized carbons (Fsp3) is 0.562. The highest BCUT2D eigenvalue weighted by atomic mass is 32.2. The van der Waals surface area contributed by atoms with Crippen molar-refractivity contribution in [3.05, 3.63) is 29.8 Å². The van der Waals surface area contributed by atoms with E-state index in [1.54, 1.807) is 12.1 Å². The molecule has 0 spiro atoms. The molecule has 0 fully saturated rings. The van der Waals surface area contributed by atoms with E-state index >= 15 is 0 Å². The molecule has 130 valence electrons. The molecular formula is C16H27N3O3S. The Labute approximate surface area is 139 Å². The van der Waals surface area contributed by atoms with Gasteiger partial charge in [-0.2, -0.15) is 0 Å². The number of amides is 1. The number of nitrogens with zero attached hydrogens (tertiary/aromatic N) is 1. The Kier molecular flexibility index (Phi) is 8.22. The van der Waals surface area contributed by atoms with E-state index in [9.17, 15) is 13.2 Å². The molecule has 0 saturated carbocycles. The molecule has 0 radical (unpaired) electrons. The topological polar surface area (TPSA) is 92.5 Å². The van der Waals surface area contributed by atoms with Crippen molar-refractivity contribution < 1.29 is 13.2 Å². The summed E-state index contributed by atoms with van der Waals surface area (Å²) in [4.78, 5) is 14.1. The summed E-state index contributed by atoms with van der Waals surface area (Å²) in [5.41, 5.74) is 0.955. The van der Waals surface area contributed by atoms with Crippen LogP contribution in [0.4, 0.5) is 0 Å². The second-order valence-electron chi connectivity index (χ2n) is 5.51. The van der Waals surface area contributed by atoms with Gasteiger partial charge in [0.25, 0.3) is 0 Å². The molecule has 0 aromatic heterocycles. The molecule has 3 N–H and O–H groups in total. The van der Waals surface area contributed by atoms with E-state index in [1.807, 2.05) is 0 Å². The van der Waals surface area contributed by atoms with Gasteiger partial charge in [0.15, 0.2) is 0 Å². The van der Waals surface area contributed by atoms with Crippen molar-refractivity contribution in [3.63, 3.8) is 0 Å². The number of sulfonamides is 1. The maximum atomic E-state index is 11.9. The molecule has 0 aliphatic heterocycles. The Hall–Kier alpha value is -1.44. The molecule has 0 unspecified atom stereocenters. The first-order valence-electron chi connectivity index (χ1n) is 7.97. The van der Waals surface area contributed by atoms with Gasteiger partial charge in [0, 0.05) is 6.54 Å². The van der Waals surface area contributed by atoms with Gasteiger partial charge in [-0.25, -0.2) is 13.6 Å². The first-order chi connectivity index (χ1) is 10.9. The van der Waals surface area contributed by atoms with Crippen LogP contribution in [0.25, 0.3) is 0 Å². The van der Waals surface area contributed by atoms with Crippen LogP contribution in [0.5, 0.6) is 0 Å². The van der Waals surface area contributed by atoms with Crippen LogP contribution in [-0.4, -0.2) is 45.4 Å². The highest BCUT2D eigenvalue weighted by molar-refractivity contribution is 7.89. The first kappa shape index (κ1) is 19.6. The quantitative estimate of drug-likeness (QED) is 0.667. The summed E-state index contributed by atoms with van der Waals surface area (Å²) in [7, 11) is -3.65. The zero-order valence-corrected chi connectivity index (χ0v) is 14.7. The van der Waals surface area contributed by atoms with Crippen molar-refractivity contribution in [1.29, 1.82) is 0 Å². The lowest BCUT2D eigenvalue weighted by atomic mass is 10.1. The van der Waals surface area contributed by atoms with Crippen LogP contribution in [0.15, 0.2) is 29.2 Å². The summed E-state index contributed by atoms with van der Waals surface area (Å²) < 4.78 is 22.3. The minimum absolute atomic E-state index is 0.0177. The molecule has 6 nitrogen and oxygen atoms in total. The number of carbonyl (C=O) groups is 1. The number of primary sulfonamides is 1. The summed E-state index contributed by atoms with van der Waals surface area (Å²) >= 11 is 0. The molecule has 1 aromatic rings. The first-order valence-corrected chi connectivity index (χ1v) is 9.52. The average molecular weight is 341 g/mol. The number of benzene rings is 1. The Bertz CT molecular complexity index is 585. The predicted molar refractivity (Wildman–Crippen MR) is 91.6 cm³/mol. The number of unbranched alkanes of at least 4 members (excludes halogenated alkanes) is 1. The van der Waals surface area contributed by atoms with Gasteiger partial charge < -0.3 is 5.32 Å². The number of hydrogen-bond acceptors (Lipinski definition) is 4. The number of likely N-dealkylation sites (N-methyl/N-ethyl adjacent to an activating group) is 1. The Morgan fingerprint density at radius 2 is 1.87 bits per heavy atom. The van der Waals surface area contributed by atoms with Crippen LogP contribution < -0.4 is 10.5 Å². The minimum Gasteiger partial charge on any atom is -0.355 e. The van der Waals surface area contributed by atoms with E-state index in [-0.39, 0.29) is 10.8 Å². The standard InChI is InChI=1S/C16H27N3O3S/c1-3-5-12-19(4-2)13-16(20)18-11-10-14-6-8-15(9-7-14)23(17,21)22/h6-9H,3-5,10-13H2,1-2H3,(H,18,20)(H2,17,21,22). The van der Waals surface area contributed by atoms with E-state index in [0.717, 1.165) is 31.5 Å². The lowest BCUT2D eigenvalue weighted by Gasteiger charge is -2.19. The minimum atomic E-state index is -3.65. The van der Waals surface area contributed by atoms with Crippen LogP contribution in [0.1, 0.15) is 32.3 Å². The molecule has 1 rings (SSSR count). The third-order valence-electron chi connectivity index (χ3n) is 3.63. The SMILES string of the molecule is CCCCN(CC)CC(=O)NCCc1ccc(S(N)(=O)=O)cc1. The molecule has 0 aliphatic rings. The number of nitrogens with one attached hydrogen (secondary N) is 1. The molecular weight excluding hydrogens is 314 g/mol. The third-order valence-corrected chi connectivity index (χ3v) is 4.56. The lowest BCUT2D eigenvalue weighted by Crippen LogP contribution is -2.38. The zero-order chi connectivity index (χ0) is 17.3. The van der Waals surface area contributed by atoms with E-state index in [0.29, 0.717) is 19.5 Å². The fourth-order valence-electron chi connectivity index (χ4n) is 2.18. The van der Waals surface area contributed by atoms with Crippen LogP contribution in [0.2, 0.25) is 0 Å². The summed E-state index contributed by atoms with van der Waals surface area (Å²) in [6.45, 7) is 6.93. The van der Waals surface area contributed by atoms with Gasteiger partial charge in [0.05, 0.1) is 11.4 Å². The molecule has 7 heteroatoms. The van der Waals surface area contributed by atoms with Crippen LogP contribution in [0, 0.1) is 0 Å². The number of carbonyl (C=O) groups excluding carboxylic acids is 1. The normalized spacial score (nSPS) is 11.7. The molecule has 1 aromatic carbocycles. The molecule has 23 heavy (non-hydrogen) atoms. The maximum absolute atomic E-state index is 11.9. The van der Waals surface area contributed by atoms with Gasteiger partial charge in [0.2, 0.25) is 15.9 Å². The maximum Gasteiger partial charge on any atom is 0.238 e. The van der Waals surface area contributed by atoms with Crippen LogP contribution in [0.3, 0.4) is 0 Å². The smallest absolute Gasteiger partial charge is 0.238 e. The highest BCUT2D eigenvalue weighted by Crippen LogP contribution is 2.08. The second kappa shape index (κ2) is 9.64. The molecule has 0 aliphatic carbocycles. The molecule has 0 bridgehead atoms. The van der Waals surface area contributed by atoms with Gasteiger partial charge in [0.1, 0.15) is 0 Å². The van der Waals surface area contributed by atoms with Crippen LogP contribution >= 0.6 is 0 Å². The molecule has 0 atom stereocenters. The molecule has 0 saturated heterocycles. The number of nitrogens with two attached hydrogens (primary N) is 1. The Balaban J connectivity index is 2.37. The fourth-order valence-corrected chi connectivity index (χ4v) is 2.70. The summed E-state index contributed by atoms with van der Waals surface area (Å²) in [5.74, 6) is 0.0177. The van der Waals surface area contributed by atoms with E-state index < -0.39 is 10.0 Å². The van der Waals surface area contributed by atoms with Crippen molar-refractivity contribution in [2.75, 3.05) is 26.2 Å². The van der Waals surface area contributed by atoms with E-state index in [4.69, 9.17) is 5.14 Å². The van der Waals surface area contributed by atoms with Gasteiger partial charge in [-0.3, -0.25) is 9.69 Å².